The van der Waals surface area contributed by atoms with E-state index in [1.54, 1.807) is 33.2 Å². The van der Waals surface area contributed by atoms with E-state index >= 15 is 0 Å². The number of amides is 2. The molecule has 10 heteroatoms. The van der Waals surface area contributed by atoms with Crippen LogP contribution in [0.3, 0.4) is 0 Å². The van der Waals surface area contributed by atoms with Gasteiger partial charge in [-0.3, -0.25) is 14.5 Å². The van der Waals surface area contributed by atoms with Crippen molar-refractivity contribution in [1.29, 1.82) is 0 Å². The predicted octanol–water partition coefficient (Wildman–Crippen LogP) is 3.70. The third-order valence-electron chi connectivity index (χ3n) is 5.42. The Morgan fingerprint density at radius 1 is 1.12 bits per heavy atom. The van der Waals surface area contributed by atoms with Crippen molar-refractivity contribution in [3.63, 3.8) is 0 Å². The Morgan fingerprint density at radius 3 is 2.32 bits per heavy atom. The van der Waals surface area contributed by atoms with Crippen LogP contribution in [-0.4, -0.2) is 74.6 Å². The molecular weight excluding hydrogens is 478 g/mol. The maximum atomic E-state index is 13.0. The fourth-order valence-electron chi connectivity index (χ4n) is 3.55. The number of nitrogens with zero attached hydrogens (tertiary/aromatic N) is 2. The van der Waals surface area contributed by atoms with Gasteiger partial charge in [0.2, 0.25) is 0 Å². The van der Waals surface area contributed by atoms with E-state index in [0.717, 1.165) is 23.3 Å². The van der Waals surface area contributed by atoms with Gasteiger partial charge in [0.05, 0.1) is 30.3 Å². The lowest BCUT2D eigenvalue weighted by Gasteiger charge is -2.27. The largest absolute Gasteiger partial charge is 0.462 e. The number of thiophene rings is 1. The fourth-order valence-corrected chi connectivity index (χ4v) is 4.77. The highest BCUT2D eigenvalue weighted by atomic mass is 35.5. The van der Waals surface area contributed by atoms with Gasteiger partial charge in [-0.25, -0.2) is 4.79 Å². The molecule has 0 atom stereocenters. The molecule has 1 aromatic carbocycles. The first-order valence-corrected chi connectivity index (χ1v) is 11.9. The molecule has 2 aromatic rings. The van der Waals surface area contributed by atoms with E-state index in [2.05, 4.69) is 10.2 Å². The molecule has 2 amide bonds. The predicted molar refractivity (Wildman–Crippen MR) is 135 cm³/mol. The molecule has 1 aliphatic rings. The summed E-state index contributed by atoms with van der Waals surface area (Å²) in [5, 5.41) is 3.19. The second-order valence-corrected chi connectivity index (χ2v) is 8.95. The minimum absolute atomic E-state index is 0. The molecule has 3 rings (SSSR count). The van der Waals surface area contributed by atoms with Gasteiger partial charge >= 0.3 is 5.97 Å². The number of hydrogen-bond acceptors (Lipinski definition) is 7. The van der Waals surface area contributed by atoms with Crippen LogP contribution in [0.25, 0.3) is 0 Å². The van der Waals surface area contributed by atoms with Gasteiger partial charge < -0.3 is 19.7 Å². The van der Waals surface area contributed by atoms with E-state index in [1.165, 1.54) is 4.90 Å². The second-order valence-electron chi connectivity index (χ2n) is 7.93. The minimum atomic E-state index is -0.550. The number of esters is 1. The molecule has 186 valence electrons. The molecule has 0 radical (unpaired) electrons. The van der Waals surface area contributed by atoms with Crippen LogP contribution in [-0.2, 0) is 22.4 Å². The van der Waals surface area contributed by atoms with E-state index in [0.29, 0.717) is 53.9 Å². The monoisotopic (exact) mass is 509 g/mol. The topological polar surface area (TPSA) is 88.2 Å². The van der Waals surface area contributed by atoms with E-state index < -0.39 is 5.97 Å². The summed E-state index contributed by atoms with van der Waals surface area (Å²) < 4.78 is 10.7. The maximum Gasteiger partial charge on any atom is 0.341 e. The Balaban J connectivity index is 0.00000408. The third kappa shape index (κ3) is 6.56. The molecule has 34 heavy (non-hydrogen) atoms. The molecule has 0 aliphatic carbocycles. The standard InChI is InChI=1S/C24H31N3O5S.ClH/c1-5-16-7-9-17(10-8-16)21(28)25-22-19(24(30)32-6-2)18(15-27-11-13-31-14-12-27)20(33-22)23(29)26(3)4;/h7-10H,5-6,11-15H2,1-4H3,(H,25,28);1H. The van der Waals surface area contributed by atoms with Crippen molar-refractivity contribution in [2.75, 3.05) is 52.3 Å². The van der Waals surface area contributed by atoms with E-state index in [-0.39, 0.29) is 36.4 Å². The van der Waals surface area contributed by atoms with Crippen LogP contribution in [0.4, 0.5) is 5.00 Å². The zero-order chi connectivity index (χ0) is 24.0. The van der Waals surface area contributed by atoms with Crippen molar-refractivity contribution in [3.8, 4) is 0 Å². The number of anilines is 1. The summed E-state index contributed by atoms with van der Waals surface area (Å²) >= 11 is 1.11. The van der Waals surface area contributed by atoms with Crippen molar-refractivity contribution in [1.82, 2.24) is 9.80 Å². The number of hydrogen-bond donors (Lipinski definition) is 1. The molecule has 1 saturated heterocycles. The number of aryl methyl sites for hydroxylation is 1. The van der Waals surface area contributed by atoms with Crippen molar-refractivity contribution in [2.24, 2.45) is 0 Å². The van der Waals surface area contributed by atoms with Gasteiger partial charge in [0.15, 0.2) is 0 Å². The molecule has 2 heterocycles. The number of rotatable bonds is 8. The Labute approximate surface area is 210 Å². The number of ether oxygens (including phenoxy) is 2. The summed E-state index contributed by atoms with van der Waals surface area (Å²) in [6, 6.07) is 7.32. The average Bonchev–Trinajstić information content (AvgIpc) is 3.16. The molecule has 8 nitrogen and oxygen atoms in total. The Morgan fingerprint density at radius 2 is 1.76 bits per heavy atom. The van der Waals surface area contributed by atoms with Crippen LogP contribution in [0.15, 0.2) is 24.3 Å². The van der Waals surface area contributed by atoms with Crippen molar-refractivity contribution in [2.45, 2.75) is 26.8 Å². The number of nitrogens with one attached hydrogen (secondary N) is 1. The quantitative estimate of drug-likeness (QED) is 0.546. The maximum absolute atomic E-state index is 13.0. The van der Waals surface area contributed by atoms with Gasteiger partial charge in [0.1, 0.15) is 5.00 Å². The lowest BCUT2D eigenvalue weighted by Crippen LogP contribution is -2.36. The number of benzene rings is 1. The van der Waals surface area contributed by atoms with Crippen LogP contribution in [0.1, 0.15) is 55.4 Å². The first-order chi connectivity index (χ1) is 15.8. The summed E-state index contributed by atoms with van der Waals surface area (Å²) in [5.41, 5.74) is 2.43. The van der Waals surface area contributed by atoms with Crippen LogP contribution in [0.2, 0.25) is 0 Å². The number of carbonyl (C=O) groups excluding carboxylic acids is 3. The molecule has 0 spiro atoms. The van der Waals surface area contributed by atoms with Crippen LogP contribution < -0.4 is 5.32 Å². The van der Waals surface area contributed by atoms with Gasteiger partial charge in [-0.15, -0.1) is 23.7 Å². The lowest BCUT2D eigenvalue weighted by molar-refractivity contribution is 0.0336. The van der Waals surface area contributed by atoms with E-state index in [4.69, 9.17) is 9.47 Å². The van der Waals surface area contributed by atoms with Gasteiger partial charge in [0, 0.05) is 44.9 Å². The Bertz CT molecular complexity index is 1000. The van der Waals surface area contributed by atoms with Gasteiger partial charge in [-0.2, -0.15) is 0 Å². The SMILES string of the molecule is CCOC(=O)c1c(NC(=O)c2ccc(CC)cc2)sc(C(=O)N(C)C)c1CN1CCOCC1.Cl. The summed E-state index contributed by atoms with van der Waals surface area (Å²) in [4.78, 5) is 43.0. The number of halogens is 1. The highest BCUT2D eigenvalue weighted by Crippen LogP contribution is 2.36. The van der Waals surface area contributed by atoms with Crippen molar-refractivity contribution in [3.05, 3.63) is 51.4 Å². The first-order valence-electron chi connectivity index (χ1n) is 11.1. The van der Waals surface area contributed by atoms with E-state index in [1.807, 2.05) is 19.1 Å². The molecule has 0 unspecified atom stereocenters. The first kappa shape index (κ1) is 27.8. The molecule has 1 aliphatic heterocycles. The molecular formula is C24H32ClN3O5S. The molecule has 0 bridgehead atoms. The fraction of sp³-hybridized carbons (Fsp3) is 0.458. The highest BCUT2D eigenvalue weighted by molar-refractivity contribution is 7.18. The second kappa shape index (κ2) is 12.9. The third-order valence-corrected chi connectivity index (χ3v) is 6.56. The van der Waals surface area contributed by atoms with Gasteiger partial charge in [-0.05, 0) is 31.0 Å². The zero-order valence-electron chi connectivity index (χ0n) is 20.0. The van der Waals surface area contributed by atoms with Crippen molar-refractivity contribution >= 4 is 46.5 Å². The van der Waals surface area contributed by atoms with Gasteiger partial charge in [-0.1, -0.05) is 19.1 Å². The van der Waals surface area contributed by atoms with Crippen LogP contribution >= 0.6 is 23.7 Å². The Kier molecular flexibility index (Phi) is 10.5. The average molecular weight is 510 g/mol. The summed E-state index contributed by atoms with van der Waals surface area (Å²) in [7, 11) is 3.33. The minimum Gasteiger partial charge on any atom is -0.462 e. The van der Waals surface area contributed by atoms with Gasteiger partial charge in [0.25, 0.3) is 11.8 Å². The van der Waals surface area contributed by atoms with E-state index in [9.17, 15) is 14.4 Å². The van der Waals surface area contributed by atoms with Crippen LogP contribution in [0.5, 0.6) is 0 Å². The number of carbonyl (C=O) groups is 3. The molecule has 0 saturated carbocycles. The lowest BCUT2D eigenvalue weighted by atomic mass is 10.1. The molecule has 1 fully saturated rings. The van der Waals surface area contributed by atoms with Crippen molar-refractivity contribution < 1.29 is 23.9 Å². The summed E-state index contributed by atoms with van der Waals surface area (Å²) in [6.45, 7) is 6.92. The van der Waals surface area contributed by atoms with Crippen LogP contribution in [0, 0.1) is 0 Å². The summed E-state index contributed by atoms with van der Waals surface area (Å²) in [5.74, 6) is -1.11. The molecule has 1 aromatic heterocycles. The number of morpholine rings is 1. The smallest absolute Gasteiger partial charge is 0.341 e. The normalized spacial score (nSPS) is 13.6. The highest BCUT2D eigenvalue weighted by Gasteiger charge is 2.31. The summed E-state index contributed by atoms with van der Waals surface area (Å²) in [6.07, 6.45) is 0.876. The Hall–Kier alpha value is -2.46. The zero-order valence-corrected chi connectivity index (χ0v) is 21.6. The molecule has 1 N–H and O–H groups in total.